The van der Waals surface area contributed by atoms with Gasteiger partial charge in [-0.25, -0.2) is 4.39 Å². The quantitative estimate of drug-likeness (QED) is 0.598. The van der Waals surface area contributed by atoms with E-state index in [2.05, 4.69) is 17.9 Å². The van der Waals surface area contributed by atoms with E-state index in [4.69, 9.17) is 10.2 Å². The summed E-state index contributed by atoms with van der Waals surface area (Å²) in [5.74, 6) is -1.39. The first kappa shape index (κ1) is 14.0. The van der Waals surface area contributed by atoms with Gasteiger partial charge in [0.2, 0.25) is 0 Å². The Bertz CT molecular complexity index is 421. The number of halogens is 1. The van der Waals surface area contributed by atoms with Gasteiger partial charge in [0, 0.05) is 4.90 Å². The van der Waals surface area contributed by atoms with E-state index < -0.39 is 30.5 Å². The SMILES string of the molecule is CC(CO)(CO)NC(=O)c1cc(S)ccc1F. The molecule has 0 saturated heterocycles. The predicted molar refractivity (Wildman–Crippen MR) is 63.7 cm³/mol. The first-order chi connectivity index (χ1) is 7.91. The highest BCUT2D eigenvalue weighted by Crippen LogP contribution is 2.14. The second-order valence-corrected chi connectivity index (χ2v) is 4.51. The summed E-state index contributed by atoms with van der Waals surface area (Å²) >= 11 is 4.01. The van der Waals surface area contributed by atoms with Crippen molar-refractivity contribution in [2.75, 3.05) is 13.2 Å². The lowest BCUT2D eigenvalue weighted by molar-refractivity contribution is 0.0720. The fourth-order valence-corrected chi connectivity index (χ4v) is 1.36. The highest BCUT2D eigenvalue weighted by Gasteiger charge is 2.26. The molecule has 1 aromatic carbocycles. The zero-order valence-corrected chi connectivity index (χ0v) is 10.2. The van der Waals surface area contributed by atoms with Gasteiger partial charge in [0.1, 0.15) is 5.82 Å². The number of aliphatic hydroxyl groups is 2. The Hall–Kier alpha value is -1.11. The van der Waals surface area contributed by atoms with E-state index in [0.29, 0.717) is 4.90 Å². The summed E-state index contributed by atoms with van der Waals surface area (Å²) in [5.41, 5.74) is -1.36. The average Bonchev–Trinajstić information content (AvgIpc) is 2.32. The number of benzene rings is 1. The van der Waals surface area contributed by atoms with Gasteiger partial charge in [-0.1, -0.05) is 0 Å². The van der Waals surface area contributed by atoms with E-state index in [-0.39, 0.29) is 5.56 Å². The standard InChI is InChI=1S/C11H14FNO3S/c1-11(5-14,6-15)13-10(16)8-4-7(17)2-3-9(8)12/h2-4,14-15,17H,5-6H2,1H3,(H,13,16). The minimum Gasteiger partial charge on any atom is -0.394 e. The number of carbonyl (C=O) groups is 1. The third-order valence-electron chi connectivity index (χ3n) is 2.31. The molecule has 0 aromatic heterocycles. The minimum absolute atomic E-state index is 0.175. The number of amides is 1. The smallest absolute Gasteiger partial charge is 0.254 e. The maximum Gasteiger partial charge on any atom is 0.254 e. The summed E-state index contributed by atoms with van der Waals surface area (Å²) in [6.07, 6.45) is 0. The van der Waals surface area contributed by atoms with Crippen LogP contribution in [-0.4, -0.2) is 34.9 Å². The normalized spacial score (nSPS) is 11.4. The highest BCUT2D eigenvalue weighted by atomic mass is 32.1. The van der Waals surface area contributed by atoms with Crippen LogP contribution in [0.4, 0.5) is 4.39 Å². The molecule has 3 N–H and O–H groups in total. The van der Waals surface area contributed by atoms with Crippen LogP contribution in [0.2, 0.25) is 0 Å². The minimum atomic E-state index is -1.18. The molecule has 6 heteroatoms. The molecule has 1 aromatic rings. The number of hydrogen-bond donors (Lipinski definition) is 4. The Labute approximate surface area is 104 Å². The molecule has 0 heterocycles. The Morgan fingerprint density at radius 1 is 1.47 bits per heavy atom. The van der Waals surface area contributed by atoms with E-state index >= 15 is 0 Å². The van der Waals surface area contributed by atoms with E-state index in [1.807, 2.05) is 0 Å². The van der Waals surface area contributed by atoms with E-state index in [1.165, 1.54) is 19.1 Å². The summed E-state index contributed by atoms with van der Waals surface area (Å²) in [6.45, 7) is 0.558. The molecular weight excluding hydrogens is 245 g/mol. The van der Waals surface area contributed by atoms with Crippen molar-refractivity contribution in [1.82, 2.24) is 5.32 Å². The molecule has 0 radical (unpaired) electrons. The molecule has 1 amide bonds. The molecule has 0 unspecified atom stereocenters. The molecular formula is C11H14FNO3S. The first-order valence-corrected chi connectivity index (χ1v) is 5.39. The molecule has 0 atom stereocenters. The molecule has 94 valence electrons. The summed E-state index contributed by atoms with van der Waals surface area (Å²) in [5, 5.41) is 20.4. The van der Waals surface area contributed by atoms with Crippen LogP contribution in [0.15, 0.2) is 23.1 Å². The highest BCUT2D eigenvalue weighted by molar-refractivity contribution is 7.80. The van der Waals surface area contributed by atoms with Crippen LogP contribution in [0, 0.1) is 5.82 Å². The number of rotatable bonds is 4. The van der Waals surface area contributed by atoms with Crippen molar-refractivity contribution in [1.29, 1.82) is 0 Å². The summed E-state index contributed by atoms with van der Waals surface area (Å²) in [6, 6.07) is 3.84. The molecule has 0 fully saturated rings. The summed E-state index contributed by atoms with van der Waals surface area (Å²) in [4.78, 5) is 12.2. The zero-order valence-electron chi connectivity index (χ0n) is 9.27. The first-order valence-electron chi connectivity index (χ1n) is 4.94. The monoisotopic (exact) mass is 259 g/mol. The predicted octanol–water partition coefficient (Wildman–Crippen LogP) is 0.587. The number of aliphatic hydroxyl groups excluding tert-OH is 2. The van der Waals surface area contributed by atoms with E-state index in [0.717, 1.165) is 6.07 Å². The van der Waals surface area contributed by atoms with Gasteiger partial charge in [0.15, 0.2) is 0 Å². The summed E-state index contributed by atoms with van der Waals surface area (Å²) in [7, 11) is 0. The topological polar surface area (TPSA) is 69.6 Å². The van der Waals surface area contributed by atoms with E-state index in [1.54, 1.807) is 0 Å². The van der Waals surface area contributed by atoms with Crippen molar-refractivity contribution in [2.24, 2.45) is 0 Å². The van der Waals surface area contributed by atoms with Crippen LogP contribution in [0.5, 0.6) is 0 Å². The van der Waals surface area contributed by atoms with Gasteiger partial charge in [0.25, 0.3) is 5.91 Å². The molecule has 1 rings (SSSR count). The number of thiol groups is 1. The number of hydrogen-bond acceptors (Lipinski definition) is 4. The average molecular weight is 259 g/mol. The van der Waals surface area contributed by atoms with Gasteiger partial charge in [-0.15, -0.1) is 12.6 Å². The van der Waals surface area contributed by atoms with Crippen LogP contribution < -0.4 is 5.32 Å². The van der Waals surface area contributed by atoms with Gasteiger partial charge < -0.3 is 15.5 Å². The third-order valence-corrected chi connectivity index (χ3v) is 2.59. The van der Waals surface area contributed by atoms with Crippen LogP contribution >= 0.6 is 12.6 Å². The molecule has 0 spiro atoms. The van der Waals surface area contributed by atoms with E-state index in [9.17, 15) is 9.18 Å². The van der Waals surface area contributed by atoms with Crippen LogP contribution in [0.1, 0.15) is 17.3 Å². The van der Waals surface area contributed by atoms with Crippen molar-refractivity contribution in [2.45, 2.75) is 17.4 Å². The molecule has 4 nitrogen and oxygen atoms in total. The maximum atomic E-state index is 13.4. The third kappa shape index (κ3) is 3.42. The van der Waals surface area contributed by atoms with Crippen molar-refractivity contribution in [3.63, 3.8) is 0 Å². The van der Waals surface area contributed by atoms with Crippen molar-refractivity contribution < 1.29 is 19.4 Å². The van der Waals surface area contributed by atoms with Gasteiger partial charge in [0.05, 0.1) is 24.3 Å². The van der Waals surface area contributed by atoms with Crippen molar-refractivity contribution in [3.8, 4) is 0 Å². The largest absolute Gasteiger partial charge is 0.394 e. The molecule has 0 aliphatic rings. The van der Waals surface area contributed by atoms with Crippen molar-refractivity contribution in [3.05, 3.63) is 29.6 Å². The second kappa shape index (κ2) is 5.48. The lowest BCUT2D eigenvalue weighted by Crippen LogP contribution is -2.51. The van der Waals surface area contributed by atoms with Crippen molar-refractivity contribution >= 4 is 18.5 Å². The maximum absolute atomic E-state index is 13.4. The number of nitrogens with one attached hydrogen (secondary N) is 1. The molecule has 17 heavy (non-hydrogen) atoms. The van der Waals surface area contributed by atoms with Gasteiger partial charge >= 0.3 is 0 Å². The van der Waals surface area contributed by atoms with Crippen LogP contribution in [-0.2, 0) is 0 Å². The Balaban J connectivity index is 2.94. The van der Waals surface area contributed by atoms with Gasteiger partial charge in [-0.2, -0.15) is 0 Å². The Morgan fingerprint density at radius 2 is 2.06 bits per heavy atom. The van der Waals surface area contributed by atoms with Crippen LogP contribution in [0.25, 0.3) is 0 Å². The Morgan fingerprint density at radius 3 is 2.59 bits per heavy atom. The lowest BCUT2D eigenvalue weighted by atomic mass is 10.0. The van der Waals surface area contributed by atoms with Gasteiger partial charge in [-0.3, -0.25) is 4.79 Å². The number of carbonyl (C=O) groups excluding carboxylic acids is 1. The lowest BCUT2D eigenvalue weighted by Gasteiger charge is -2.26. The fraction of sp³-hybridized carbons (Fsp3) is 0.364. The Kier molecular flexibility index (Phi) is 4.50. The molecule has 0 saturated carbocycles. The fourth-order valence-electron chi connectivity index (χ4n) is 1.16. The van der Waals surface area contributed by atoms with Gasteiger partial charge in [-0.05, 0) is 25.1 Å². The summed E-state index contributed by atoms with van der Waals surface area (Å²) < 4.78 is 13.4. The second-order valence-electron chi connectivity index (χ2n) is 4.00. The zero-order chi connectivity index (χ0) is 13.1. The van der Waals surface area contributed by atoms with Crippen LogP contribution in [0.3, 0.4) is 0 Å². The molecule has 0 aliphatic heterocycles. The molecule has 0 aliphatic carbocycles. The molecule has 0 bridgehead atoms.